The molecule has 2 N–H and O–H groups in total. The van der Waals surface area contributed by atoms with Crippen molar-refractivity contribution in [3.63, 3.8) is 0 Å². The molecule has 0 aliphatic heterocycles. The first-order valence-electron chi connectivity index (χ1n) is 7.40. The molecule has 0 unspecified atom stereocenters. The minimum absolute atomic E-state index is 0.112. The number of hydrogen-bond donors (Lipinski definition) is 2. The third-order valence-electron chi connectivity index (χ3n) is 3.12. The molecule has 0 atom stereocenters. The van der Waals surface area contributed by atoms with E-state index < -0.39 is 5.91 Å². The van der Waals surface area contributed by atoms with Gasteiger partial charge in [-0.2, -0.15) is 0 Å². The Labute approximate surface area is 135 Å². The fourth-order valence-electron chi connectivity index (χ4n) is 2.27. The van der Waals surface area contributed by atoms with Crippen LogP contribution in [0.2, 0.25) is 0 Å². The minimum Gasteiger partial charge on any atom is -0.451 e. The quantitative estimate of drug-likeness (QED) is 0.886. The van der Waals surface area contributed by atoms with Gasteiger partial charge in [0.1, 0.15) is 5.58 Å². The molecule has 0 fully saturated rings. The number of methoxy groups -OCH3 is 1. The van der Waals surface area contributed by atoms with E-state index in [9.17, 15) is 9.59 Å². The number of carbonyl (C=O) groups is 2. The number of furan rings is 1. The zero-order chi connectivity index (χ0) is 17.0. The number of ether oxygens (including phenoxy) is 1. The highest BCUT2D eigenvalue weighted by Crippen LogP contribution is 2.26. The van der Waals surface area contributed by atoms with Crippen LogP contribution in [-0.4, -0.2) is 31.0 Å². The summed E-state index contributed by atoms with van der Waals surface area (Å²) in [7, 11) is 1.56. The van der Waals surface area contributed by atoms with E-state index in [4.69, 9.17) is 9.15 Å². The summed E-state index contributed by atoms with van der Waals surface area (Å²) in [5.74, 6) is -0.510. The summed E-state index contributed by atoms with van der Waals surface area (Å²) in [4.78, 5) is 24.1. The van der Waals surface area contributed by atoms with E-state index >= 15 is 0 Å². The highest BCUT2D eigenvalue weighted by Gasteiger charge is 2.21. The molecule has 6 heteroatoms. The van der Waals surface area contributed by atoms with E-state index in [1.807, 2.05) is 39.0 Å². The normalized spacial score (nSPS) is 11.5. The van der Waals surface area contributed by atoms with Gasteiger partial charge in [0.2, 0.25) is 5.91 Å². The molecular formula is C17H22N2O4. The minimum atomic E-state index is -0.433. The Hall–Kier alpha value is -2.34. The van der Waals surface area contributed by atoms with E-state index in [2.05, 4.69) is 10.6 Å². The lowest BCUT2D eigenvalue weighted by atomic mass is 10.1. The lowest BCUT2D eigenvalue weighted by Gasteiger charge is -2.20. The summed E-state index contributed by atoms with van der Waals surface area (Å²) >= 11 is 0. The Bertz CT molecular complexity index is 713. The Balaban J connectivity index is 2.14. The van der Waals surface area contributed by atoms with Crippen molar-refractivity contribution in [3.05, 3.63) is 35.6 Å². The SMILES string of the molecule is COCc1c(C(=O)NCC(=O)NC(C)(C)C)oc2ccccc12. The van der Waals surface area contributed by atoms with Crippen LogP contribution in [0.5, 0.6) is 0 Å². The van der Waals surface area contributed by atoms with Crippen LogP contribution in [0, 0.1) is 0 Å². The summed E-state index contributed by atoms with van der Waals surface area (Å²) in [5.41, 5.74) is 0.947. The van der Waals surface area contributed by atoms with E-state index in [0.717, 1.165) is 5.39 Å². The molecule has 1 aromatic heterocycles. The second-order valence-electron chi connectivity index (χ2n) is 6.32. The Morgan fingerprint density at radius 3 is 2.57 bits per heavy atom. The Morgan fingerprint density at radius 1 is 1.22 bits per heavy atom. The zero-order valence-electron chi connectivity index (χ0n) is 13.9. The summed E-state index contributed by atoms with van der Waals surface area (Å²) in [6, 6.07) is 7.37. The van der Waals surface area contributed by atoms with E-state index in [-0.39, 0.29) is 30.4 Å². The van der Waals surface area contributed by atoms with Crippen molar-refractivity contribution < 1.29 is 18.7 Å². The van der Waals surface area contributed by atoms with Gasteiger partial charge < -0.3 is 19.8 Å². The van der Waals surface area contributed by atoms with Crippen molar-refractivity contribution in [2.24, 2.45) is 0 Å². The van der Waals surface area contributed by atoms with Crippen LogP contribution in [0.25, 0.3) is 11.0 Å². The fourth-order valence-corrected chi connectivity index (χ4v) is 2.27. The second-order valence-corrected chi connectivity index (χ2v) is 6.32. The predicted molar refractivity (Wildman–Crippen MR) is 87.2 cm³/mol. The molecule has 1 heterocycles. The topological polar surface area (TPSA) is 80.6 Å². The van der Waals surface area contributed by atoms with Gasteiger partial charge >= 0.3 is 0 Å². The predicted octanol–water partition coefficient (Wildman–Crippen LogP) is 2.22. The van der Waals surface area contributed by atoms with Crippen LogP contribution in [-0.2, 0) is 16.1 Å². The number of rotatable bonds is 5. The maximum atomic E-state index is 12.3. The maximum absolute atomic E-state index is 12.3. The Morgan fingerprint density at radius 2 is 1.91 bits per heavy atom. The summed E-state index contributed by atoms with van der Waals surface area (Å²) in [6.07, 6.45) is 0. The molecule has 124 valence electrons. The molecule has 0 aliphatic rings. The van der Waals surface area contributed by atoms with E-state index in [0.29, 0.717) is 11.1 Å². The van der Waals surface area contributed by atoms with Crippen molar-refractivity contribution in [2.45, 2.75) is 32.9 Å². The van der Waals surface area contributed by atoms with Gasteiger partial charge in [-0.1, -0.05) is 18.2 Å². The van der Waals surface area contributed by atoms with Crippen molar-refractivity contribution in [2.75, 3.05) is 13.7 Å². The molecule has 1 aromatic carbocycles. The monoisotopic (exact) mass is 318 g/mol. The highest BCUT2D eigenvalue weighted by molar-refractivity contribution is 6.00. The fraction of sp³-hybridized carbons (Fsp3) is 0.412. The van der Waals surface area contributed by atoms with Crippen LogP contribution in [0.4, 0.5) is 0 Å². The van der Waals surface area contributed by atoms with Gasteiger partial charge in [-0.25, -0.2) is 0 Å². The number of hydrogen-bond acceptors (Lipinski definition) is 4. The van der Waals surface area contributed by atoms with Gasteiger partial charge in [0, 0.05) is 23.6 Å². The van der Waals surface area contributed by atoms with Crippen LogP contribution >= 0.6 is 0 Å². The number of nitrogens with one attached hydrogen (secondary N) is 2. The van der Waals surface area contributed by atoms with Crippen molar-refractivity contribution in [3.8, 4) is 0 Å². The summed E-state index contributed by atoms with van der Waals surface area (Å²) in [6.45, 7) is 5.78. The van der Waals surface area contributed by atoms with Crippen molar-refractivity contribution in [1.82, 2.24) is 10.6 Å². The molecule has 2 aromatic rings. The van der Waals surface area contributed by atoms with Crippen LogP contribution in [0.1, 0.15) is 36.9 Å². The summed E-state index contributed by atoms with van der Waals surface area (Å²) in [5, 5.41) is 6.20. The molecule has 0 spiro atoms. The molecule has 0 saturated heterocycles. The molecule has 0 bridgehead atoms. The van der Waals surface area contributed by atoms with Gasteiger partial charge in [-0.05, 0) is 26.8 Å². The molecule has 0 radical (unpaired) electrons. The van der Waals surface area contributed by atoms with E-state index in [1.54, 1.807) is 13.2 Å². The highest BCUT2D eigenvalue weighted by atomic mass is 16.5. The molecule has 6 nitrogen and oxygen atoms in total. The smallest absolute Gasteiger partial charge is 0.287 e. The lowest BCUT2D eigenvalue weighted by molar-refractivity contribution is -0.121. The standard InChI is InChI=1S/C17H22N2O4/c1-17(2,3)19-14(20)9-18-16(21)15-12(10-22-4)11-7-5-6-8-13(11)23-15/h5-8H,9-10H2,1-4H3,(H,18,21)(H,19,20). The van der Waals surface area contributed by atoms with Gasteiger partial charge in [-0.15, -0.1) is 0 Å². The average Bonchev–Trinajstić information content (AvgIpc) is 2.83. The van der Waals surface area contributed by atoms with Gasteiger partial charge in [0.15, 0.2) is 5.76 Å². The third kappa shape index (κ3) is 4.32. The first-order valence-corrected chi connectivity index (χ1v) is 7.40. The number of fused-ring (bicyclic) bond motifs is 1. The molecule has 0 saturated carbocycles. The summed E-state index contributed by atoms with van der Waals surface area (Å²) < 4.78 is 10.8. The van der Waals surface area contributed by atoms with Crippen LogP contribution in [0.3, 0.4) is 0 Å². The maximum Gasteiger partial charge on any atom is 0.287 e. The van der Waals surface area contributed by atoms with Gasteiger partial charge in [0.05, 0.1) is 13.2 Å². The average molecular weight is 318 g/mol. The molecule has 2 amide bonds. The first kappa shape index (κ1) is 17.0. The largest absolute Gasteiger partial charge is 0.451 e. The molecular weight excluding hydrogens is 296 g/mol. The lowest BCUT2D eigenvalue weighted by Crippen LogP contribution is -2.45. The van der Waals surface area contributed by atoms with E-state index in [1.165, 1.54) is 0 Å². The number of carbonyl (C=O) groups excluding carboxylic acids is 2. The number of benzene rings is 1. The van der Waals surface area contributed by atoms with Crippen molar-refractivity contribution in [1.29, 1.82) is 0 Å². The van der Waals surface area contributed by atoms with Gasteiger partial charge in [-0.3, -0.25) is 9.59 Å². The second kappa shape index (κ2) is 6.83. The van der Waals surface area contributed by atoms with Crippen LogP contribution in [0.15, 0.2) is 28.7 Å². The third-order valence-corrected chi connectivity index (χ3v) is 3.12. The van der Waals surface area contributed by atoms with Gasteiger partial charge in [0.25, 0.3) is 5.91 Å². The molecule has 0 aliphatic carbocycles. The van der Waals surface area contributed by atoms with Crippen LogP contribution < -0.4 is 10.6 Å². The first-order chi connectivity index (χ1) is 10.8. The zero-order valence-corrected chi connectivity index (χ0v) is 13.9. The molecule has 2 rings (SSSR count). The number of amides is 2. The van der Waals surface area contributed by atoms with Crippen molar-refractivity contribution >= 4 is 22.8 Å². The molecule has 23 heavy (non-hydrogen) atoms. The number of para-hydroxylation sites is 1. The Kier molecular flexibility index (Phi) is 5.05.